The largest absolute Gasteiger partial charge is 0.437 e. The van der Waals surface area contributed by atoms with Gasteiger partial charge >= 0.3 is 46.9 Å². The molecule has 0 aromatic carbocycles. The highest BCUT2D eigenvalue weighted by Crippen LogP contribution is 2.31. The van der Waals surface area contributed by atoms with Crippen LogP contribution in [-0.4, -0.2) is 63.5 Å². The van der Waals surface area contributed by atoms with Gasteiger partial charge in [-0.3, -0.25) is 9.59 Å². The van der Waals surface area contributed by atoms with Gasteiger partial charge in [-0.1, -0.05) is 128 Å². The van der Waals surface area contributed by atoms with Crippen molar-refractivity contribution in [1.29, 1.82) is 0 Å². The first kappa shape index (κ1) is 83.3. The molecule has 1 saturated heterocycles. The lowest BCUT2D eigenvalue weighted by molar-refractivity contribution is -0.153. The summed E-state index contributed by atoms with van der Waals surface area (Å²) >= 11 is 0. The van der Waals surface area contributed by atoms with Crippen LogP contribution in [0.3, 0.4) is 0 Å². The average molecular weight is 834 g/mol. The molecule has 14 heteroatoms. The molecule has 0 aromatic rings. The van der Waals surface area contributed by atoms with Crippen LogP contribution in [0.25, 0.3) is 0 Å². The maximum absolute atomic E-state index is 12.0. The summed E-state index contributed by atoms with van der Waals surface area (Å²) in [6.45, 7) is 26.0. The second kappa shape index (κ2) is 35.0. The molecule has 1 fully saturated rings. The fraction of sp³-hybridized carbons (Fsp3) is 0.944. The fourth-order valence-corrected chi connectivity index (χ4v) is 32.0. The molecule has 1 aliphatic rings. The fourth-order valence-electron chi connectivity index (χ4n) is 5.20. The van der Waals surface area contributed by atoms with E-state index in [0.717, 1.165) is 18.9 Å². The molecule has 8 nitrogen and oxygen atoms in total. The lowest BCUT2D eigenvalue weighted by atomic mass is 10.0. The zero-order valence-electron chi connectivity index (χ0n) is 26.3. The van der Waals surface area contributed by atoms with Gasteiger partial charge < -0.3 is 25.3 Å². The third kappa shape index (κ3) is 36.6. The standard InChI is InChI=1S/C24H56O8Si6.12CH4/c1-13-14-15-16-19-37(11,31-35(6,7)8)28-33(2)29-38(12,32-36(9,10)30-34(3,4)5)20-17-18-22-21-23(25)27-24(22)26;;;;;;;;;;;;/h22,33H,13-21H2,1-12H3;12*1H4. The molecule has 0 spiro atoms. The Kier molecular flexibility index (Phi) is 58.3. The normalized spacial score (nSPS) is 16.1. The Hall–Kier alpha value is 0.241. The second-order valence-corrected chi connectivity index (χ2v) is 35.7. The SMILES string of the molecule is C.C.C.C.C.C.C.C.C.C.C.C.CCCCCC[Si](C)(O[SiH](C)O[Si](C)(CCCC1CC(=O)OC1=O)O[Si](C)(C)O[Si](C)(C)C)O[Si](C)(C)C. The van der Waals surface area contributed by atoms with E-state index >= 15 is 0 Å². The van der Waals surface area contributed by atoms with Crippen LogP contribution in [-0.2, 0) is 34.9 Å². The minimum atomic E-state index is -2.72. The van der Waals surface area contributed by atoms with Crippen LogP contribution >= 0.6 is 0 Å². The van der Waals surface area contributed by atoms with Crippen LogP contribution in [0.2, 0.25) is 84.1 Å². The minimum absolute atomic E-state index is 0. The predicted molar refractivity (Wildman–Crippen MR) is 249 cm³/mol. The summed E-state index contributed by atoms with van der Waals surface area (Å²) in [6.07, 6.45) is 6.24. The van der Waals surface area contributed by atoms with E-state index in [1.807, 2.05) is 0 Å². The lowest BCUT2D eigenvalue weighted by Gasteiger charge is -2.41. The molecule has 1 rings (SSSR count). The Morgan fingerprint density at radius 1 is 0.600 bits per heavy atom. The van der Waals surface area contributed by atoms with E-state index in [0.29, 0.717) is 12.5 Å². The molecule has 1 aliphatic heterocycles. The Balaban J connectivity index is -0.000000120. The first-order valence-electron chi connectivity index (χ1n) is 14.4. The van der Waals surface area contributed by atoms with Gasteiger partial charge in [0.15, 0.2) is 16.6 Å². The molecular weight excluding hydrogens is 729 g/mol. The number of hydrogen-bond acceptors (Lipinski definition) is 8. The van der Waals surface area contributed by atoms with Crippen molar-refractivity contribution in [3.05, 3.63) is 0 Å². The van der Waals surface area contributed by atoms with Crippen molar-refractivity contribution >= 4 is 63.5 Å². The van der Waals surface area contributed by atoms with Crippen molar-refractivity contribution in [1.82, 2.24) is 0 Å². The van der Waals surface area contributed by atoms with E-state index in [4.69, 9.17) is 25.3 Å². The Bertz CT molecular complexity index is 779. The second-order valence-electron chi connectivity index (χ2n) is 13.4. The van der Waals surface area contributed by atoms with Crippen molar-refractivity contribution in [3.63, 3.8) is 0 Å². The number of cyclic esters (lactones) is 2. The number of unbranched alkanes of at least 4 members (excludes halogenated alkanes) is 3. The van der Waals surface area contributed by atoms with E-state index in [-0.39, 0.29) is 101 Å². The summed E-state index contributed by atoms with van der Waals surface area (Å²) < 4.78 is 38.4. The summed E-state index contributed by atoms with van der Waals surface area (Å²) in [7, 11) is -13.3. The third-order valence-corrected chi connectivity index (χ3v) is 27.4. The molecule has 1 heterocycles. The van der Waals surface area contributed by atoms with Gasteiger partial charge in [-0.2, -0.15) is 0 Å². The van der Waals surface area contributed by atoms with Gasteiger partial charge in [-0.25, -0.2) is 0 Å². The van der Waals surface area contributed by atoms with Gasteiger partial charge in [0, 0.05) is 0 Å². The van der Waals surface area contributed by atoms with E-state index in [1.54, 1.807) is 0 Å². The molecule has 0 bridgehead atoms. The van der Waals surface area contributed by atoms with Crippen molar-refractivity contribution in [3.8, 4) is 0 Å². The molecule has 0 aromatic heterocycles. The van der Waals surface area contributed by atoms with Gasteiger partial charge in [0.05, 0.1) is 12.3 Å². The molecular formula is C36H104O8Si6. The zero-order chi connectivity index (χ0) is 29.4. The maximum Gasteiger partial charge on any atom is 0.317 e. The van der Waals surface area contributed by atoms with E-state index in [9.17, 15) is 9.59 Å². The lowest BCUT2D eigenvalue weighted by Crippen LogP contribution is -2.57. The van der Waals surface area contributed by atoms with Gasteiger partial charge in [-0.15, -0.1) is 0 Å². The first-order valence-corrected chi connectivity index (χ1v) is 31.1. The molecule has 0 radical (unpaired) electrons. The van der Waals surface area contributed by atoms with Gasteiger partial charge in [0.1, 0.15) is 0 Å². The van der Waals surface area contributed by atoms with Crippen molar-refractivity contribution in [2.24, 2.45) is 5.92 Å². The number of carbonyl (C=O) groups excluding carboxylic acids is 2. The third-order valence-electron chi connectivity index (χ3n) is 6.00. The summed E-state index contributed by atoms with van der Waals surface area (Å²) in [5.41, 5.74) is 0. The highest BCUT2D eigenvalue weighted by Gasteiger charge is 2.45. The van der Waals surface area contributed by atoms with Gasteiger partial charge in [-0.05, 0) is 90.5 Å². The minimum Gasteiger partial charge on any atom is -0.437 e. The zero-order valence-corrected chi connectivity index (χ0v) is 32.4. The van der Waals surface area contributed by atoms with Crippen LogP contribution in [0.4, 0.5) is 0 Å². The molecule has 4 unspecified atom stereocenters. The quantitative estimate of drug-likeness (QED) is 0.0550. The van der Waals surface area contributed by atoms with Crippen molar-refractivity contribution in [2.75, 3.05) is 0 Å². The van der Waals surface area contributed by atoms with Gasteiger partial charge in [0.2, 0.25) is 0 Å². The van der Waals surface area contributed by atoms with Crippen molar-refractivity contribution in [2.45, 2.75) is 225 Å². The van der Waals surface area contributed by atoms with Crippen LogP contribution in [0.15, 0.2) is 0 Å². The monoisotopic (exact) mass is 833 g/mol. The smallest absolute Gasteiger partial charge is 0.317 e. The molecule has 0 N–H and O–H groups in total. The molecule has 4 atom stereocenters. The Morgan fingerprint density at radius 3 is 1.36 bits per heavy atom. The highest BCUT2D eigenvalue weighted by molar-refractivity contribution is 6.88. The molecule has 50 heavy (non-hydrogen) atoms. The van der Waals surface area contributed by atoms with Crippen LogP contribution < -0.4 is 0 Å². The van der Waals surface area contributed by atoms with E-state index in [1.165, 1.54) is 19.3 Å². The number of hydrogen-bond donors (Lipinski definition) is 0. The summed E-state index contributed by atoms with van der Waals surface area (Å²) in [5.74, 6) is -1.19. The van der Waals surface area contributed by atoms with Crippen LogP contribution in [0.5, 0.6) is 0 Å². The molecule has 0 amide bonds. The van der Waals surface area contributed by atoms with Crippen LogP contribution in [0.1, 0.15) is 141 Å². The topological polar surface area (TPSA) is 89.5 Å². The van der Waals surface area contributed by atoms with Gasteiger partial charge in [0.25, 0.3) is 0 Å². The highest BCUT2D eigenvalue weighted by atomic mass is 28.5. The number of esters is 2. The molecule has 0 saturated carbocycles. The average Bonchev–Trinajstić information content (AvgIpc) is 2.97. The van der Waals surface area contributed by atoms with E-state index in [2.05, 4.69) is 78.9 Å². The maximum atomic E-state index is 12.0. The summed E-state index contributed by atoms with van der Waals surface area (Å²) in [6, 6.07) is 1.69. The first-order chi connectivity index (χ1) is 17.2. The summed E-state index contributed by atoms with van der Waals surface area (Å²) in [5, 5.41) is 0. The Morgan fingerprint density at radius 2 is 1.00 bits per heavy atom. The number of rotatable bonds is 19. The number of ether oxygens (including phenoxy) is 1. The van der Waals surface area contributed by atoms with E-state index < -0.39 is 63.5 Å². The van der Waals surface area contributed by atoms with Crippen molar-refractivity contribution < 1.29 is 34.9 Å². The van der Waals surface area contributed by atoms with Crippen LogP contribution in [0, 0.1) is 5.92 Å². The predicted octanol–water partition coefficient (Wildman–Crippen LogP) is 14.5. The summed E-state index contributed by atoms with van der Waals surface area (Å²) in [4.78, 5) is 23.5. The molecule has 0 aliphatic carbocycles. The Labute approximate surface area is 328 Å². The number of carbonyl (C=O) groups is 2. The molecule has 320 valence electrons.